The summed E-state index contributed by atoms with van der Waals surface area (Å²) in [5.41, 5.74) is 4.55. The van der Waals surface area contributed by atoms with E-state index in [9.17, 15) is 4.79 Å². The third-order valence-corrected chi connectivity index (χ3v) is 5.23. The summed E-state index contributed by atoms with van der Waals surface area (Å²) < 4.78 is 5.63. The van der Waals surface area contributed by atoms with Gasteiger partial charge < -0.3 is 20.4 Å². The average molecular weight is 448 g/mol. The summed E-state index contributed by atoms with van der Waals surface area (Å²) in [6, 6.07) is 15.8. The number of rotatable bonds is 9. The molecule has 2 aromatic carbocycles. The highest BCUT2D eigenvalue weighted by molar-refractivity contribution is 5.94. The molecular formula is C26H33N5O2. The average Bonchev–Trinajstić information content (AvgIpc) is 3.30. The number of oxazole rings is 1. The lowest BCUT2D eigenvalue weighted by molar-refractivity contribution is 0.0939. The van der Waals surface area contributed by atoms with E-state index in [-0.39, 0.29) is 11.9 Å². The van der Waals surface area contributed by atoms with Gasteiger partial charge in [-0.05, 0) is 57.0 Å². The van der Waals surface area contributed by atoms with E-state index >= 15 is 0 Å². The van der Waals surface area contributed by atoms with Gasteiger partial charge in [-0.1, -0.05) is 36.8 Å². The standard InChI is InChI=1S/C26H33N5O2/c1-5-19(4)30-24(32)22-9-7-8-20(14-22)15-28-26(27-6-2)29-16-23-17-33-25(31-23)21-12-10-18(3)11-13-21/h7-14,17,19H,5-6,15-16H2,1-4H3,(H,30,32)(H2,27,28,29). The van der Waals surface area contributed by atoms with Crippen LogP contribution in [0, 0.1) is 6.92 Å². The lowest BCUT2D eigenvalue weighted by Gasteiger charge is -2.12. The predicted molar refractivity (Wildman–Crippen MR) is 132 cm³/mol. The highest BCUT2D eigenvalue weighted by atomic mass is 16.3. The Morgan fingerprint density at radius 1 is 1.12 bits per heavy atom. The van der Waals surface area contributed by atoms with Gasteiger partial charge in [0.2, 0.25) is 5.89 Å². The summed E-state index contributed by atoms with van der Waals surface area (Å²) in [4.78, 5) is 21.6. The molecule has 1 atom stereocenters. The van der Waals surface area contributed by atoms with Crippen molar-refractivity contribution in [1.29, 1.82) is 0 Å². The van der Waals surface area contributed by atoms with Gasteiger partial charge in [-0.25, -0.2) is 9.98 Å². The minimum Gasteiger partial charge on any atom is -0.444 e. The van der Waals surface area contributed by atoms with E-state index in [0.717, 1.165) is 29.8 Å². The first-order chi connectivity index (χ1) is 16.0. The normalized spacial score (nSPS) is 12.3. The number of nitrogens with one attached hydrogen (secondary N) is 3. The Morgan fingerprint density at radius 2 is 1.91 bits per heavy atom. The monoisotopic (exact) mass is 447 g/mol. The van der Waals surface area contributed by atoms with E-state index in [1.54, 1.807) is 6.26 Å². The third kappa shape index (κ3) is 7.20. The van der Waals surface area contributed by atoms with Crippen LogP contribution in [0.2, 0.25) is 0 Å². The van der Waals surface area contributed by atoms with E-state index in [1.165, 1.54) is 5.56 Å². The van der Waals surface area contributed by atoms with Crippen LogP contribution in [0.25, 0.3) is 11.5 Å². The SMILES string of the molecule is CCNC(=NCc1cccc(C(=O)NC(C)CC)c1)NCc1coc(-c2ccc(C)cc2)n1. The fourth-order valence-corrected chi connectivity index (χ4v) is 3.12. The molecule has 0 bridgehead atoms. The molecule has 33 heavy (non-hydrogen) atoms. The molecule has 1 aromatic heterocycles. The van der Waals surface area contributed by atoms with Crippen LogP contribution in [0.5, 0.6) is 0 Å². The van der Waals surface area contributed by atoms with Crippen LogP contribution in [0.4, 0.5) is 0 Å². The lowest BCUT2D eigenvalue weighted by Crippen LogP contribution is -2.36. The Labute approximate surface area is 195 Å². The summed E-state index contributed by atoms with van der Waals surface area (Å²) in [5, 5.41) is 9.53. The molecule has 0 radical (unpaired) electrons. The first kappa shape index (κ1) is 24.0. The van der Waals surface area contributed by atoms with Crippen molar-refractivity contribution >= 4 is 11.9 Å². The smallest absolute Gasteiger partial charge is 0.251 e. The van der Waals surface area contributed by atoms with Crippen LogP contribution in [-0.2, 0) is 13.1 Å². The number of carbonyl (C=O) groups is 1. The van der Waals surface area contributed by atoms with Crippen LogP contribution in [0.15, 0.2) is 64.2 Å². The molecule has 0 saturated heterocycles. The van der Waals surface area contributed by atoms with Gasteiger partial charge in [-0.3, -0.25) is 4.79 Å². The van der Waals surface area contributed by atoms with E-state index in [1.807, 2.05) is 76.2 Å². The van der Waals surface area contributed by atoms with Crippen LogP contribution in [-0.4, -0.2) is 29.4 Å². The van der Waals surface area contributed by atoms with Gasteiger partial charge in [-0.2, -0.15) is 0 Å². The number of nitrogens with zero attached hydrogens (tertiary/aromatic N) is 2. The lowest BCUT2D eigenvalue weighted by atomic mass is 10.1. The molecule has 174 valence electrons. The minimum absolute atomic E-state index is 0.0596. The highest BCUT2D eigenvalue weighted by Crippen LogP contribution is 2.19. The molecule has 0 aliphatic heterocycles. The fourth-order valence-electron chi connectivity index (χ4n) is 3.12. The number of hydrogen-bond acceptors (Lipinski definition) is 4. The molecular weight excluding hydrogens is 414 g/mol. The van der Waals surface area contributed by atoms with Gasteiger partial charge in [0, 0.05) is 23.7 Å². The van der Waals surface area contributed by atoms with Crippen molar-refractivity contribution in [3.8, 4) is 11.5 Å². The van der Waals surface area contributed by atoms with Crippen molar-refractivity contribution in [3.05, 3.63) is 77.2 Å². The van der Waals surface area contributed by atoms with Crippen molar-refractivity contribution < 1.29 is 9.21 Å². The number of guanidine groups is 1. The van der Waals surface area contributed by atoms with Gasteiger partial charge in [0.25, 0.3) is 5.91 Å². The van der Waals surface area contributed by atoms with Crippen molar-refractivity contribution in [2.24, 2.45) is 4.99 Å². The van der Waals surface area contributed by atoms with Crippen molar-refractivity contribution in [2.45, 2.75) is 53.2 Å². The van der Waals surface area contributed by atoms with E-state index in [0.29, 0.717) is 30.5 Å². The fraction of sp³-hybridized carbons (Fsp3) is 0.346. The van der Waals surface area contributed by atoms with Gasteiger partial charge in [-0.15, -0.1) is 0 Å². The zero-order valence-electron chi connectivity index (χ0n) is 19.8. The number of aliphatic imine (C=N–C) groups is 1. The summed E-state index contributed by atoms with van der Waals surface area (Å²) in [7, 11) is 0. The second-order valence-corrected chi connectivity index (χ2v) is 8.04. The molecule has 0 aliphatic rings. The highest BCUT2D eigenvalue weighted by Gasteiger charge is 2.10. The number of amides is 1. The maximum absolute atomic E-state index is 12.4. The van der Waals surface area contributed by atoms with Gasteiger partial charge in [0.1, 0.15) is 6.26 Å². The molecule has 1 heterocycles. The summed E-state index contributed by atoms with van der Waals surface area (Å²) in [5.74, 6) is 1.21. The topological polar surface area (TPSA) is 91.5 Å². The number of aromatic nitrogens is 1. The second-order valence-electron chi connectivity index (χ2n) is 8.04. The van der Waals surface area contributed by atoms with Crippen LogP contribution in [0.3, 0.4) is 0 Å². The number of carbonyl (C=O) groups excluding carboxylic acids is 1. The van der Waals surface area contributed by atoms with Crippen LogP contribution >= 0.6 is 0 Å². The largest absolute Gasteiger partial charge is 0.444 e. The second kappa shape index (κ2) is 11.9. The Balaban J connectivity index is 1.61. The first-order valence-electron chi connectivity index (χ1n) is 11.4. The summed E-state index contributed by atoms with van der Waals surface area (Å²) in [6.45, 7) is 9.78. The molecule has 1 amide bonds. The molecule has 7 heteroatoms. The Kier molecular flexibility index (Phi) is 8.63. The van der Waals surface area contributed by atoms with Gasteiger partial charge in [0.15, 0.2) is 5.96 Å². The first-order valence-corrected chi connectivity index (χ1v) is 11.4. The molecule has 0 saturated carbocycles. The summed E-state index contributed by atoms with van der Waals surface area (Å²) in [6.07, 6.45) is 2.55. The van der Waals surface area contributed by atoms with E-state index in [2.05, 4.69) is 25.9 Å². The Hall–Kier alpha value is -3.61. The zero-order valence-corrected chi connectivity index (χ0v) is 19.8. The van der Waals surface area contributed by atoms with Crippen molar-refractivity contribution in [1.82, 2.24) is 20.9 Å². The quantitative estimate of drug-likeness (QED) is 0.333. The molecule has 0 fully saturated rings. The minimum atomic E-state index is -0.0596. The maximum atomic E-state index is 12.4. The van der Waals surface area contributed by atoms with Crippen LogP contribution in [0.1, 0.15) is 54.4 Å². The molecule has 1 unspecified atom stereocenters. The van der Waals surface area contributed by atoms with E-state index < -0.39 is 0 Å². The molecule has 0 spiro atoms. The molecule has 3 N–H and O–H groups in total. The van der Waals surface area contributed by atoms with Crippen molar-refractivity contribution in [2.75, 3.05) is 6.54 Å². The molecule has 3 aromatic rings. The van der Waals surface area contributed by atoms with Gasteiger partial charge >= 0.3 is 0 Å². The third-order valence-electron chi connectivity index (χ3n) is 5.23. The molecule has 7 nitrogen and oxygen atoms in total. The molecule has 0 aliphatic carbocycles. The number of benzene rings is 2. The van der Waals surface area contributed by atoms with Crippen LogP contribution < -0.4 is 16.0 Å². The predicted octanol–water partition coefficient (Wildman–Crippen LogP) is 4.43. The zero-order chi connectivity index (χ0) is 23.6. The number of aryl methyl sites for hydroxylation is 1. The maximum Gasteiger partial charge on any atom is 0.251 e. The Morgan fingerprint density at radius 3 is 2.64 bits per heavy atom. The number of hydrogen-bond donors (Lipinski definition) is 3. The van der Waals surface area contributed by atoms with Gasteiger partial charge in [0.05, 0.1) is 18.8 Å². The Bertz CT molecular complexity index is 1070. The summed E-state index contributed by atoms with van der Waals surface area (Å²) >= 11 is 0. The van der Waals surface area contributed by atoms with E-state index in [4.69, 9.17) is 4.42 Å². The van der Waals surface area contributed by atoms with Crippen molar-refractivity contribution in [3.63, 3.8) is 0 Å². The molecule has 3 rings (SSSR count).